The Morgan fingerprint density at radius 1 is 0.933 bits per heavy atom. The smallest absolute Gasteiger partial charge is 0.331 e. The number of halogens is 2. The van der Waals surface area contributed by atoms with Gasteiger partial charge in [-0.05, 0) is 35.9 Å². The van der Waals surface area contributed by atoms with Gasteiger partial charge in [0.25, 0.3) is 11.8 Å². The molecule has 1 aliphatic rings. The standard InChI is InChI=1S/C22H14Cl2N2O4/c23-17-8-4-7-15(19(17)24)18-10-9-14(30-18)11-16-20(27)25-22(29)26(21(16)28)12-13-5-2-1-3-6-13/h1-11H,12H2,(H,25,27,29). The molecule has 2 aromatic carbocycles. The Hall–Kier alpha value is -3.35. The van der Waals surface area contributed by atoms with Gasteiger partial charge in [0.2, 0.25) is 0 Å². The molecule has 2 heterocycles. The van der Waals surface area contributed by atoms with Gasteiger partial charge >= 0.3 is 6.03 Å². The number of nitrogens with zero attached hydrogens (tertiary/aromatic N) is 1. The molecule has 0 unspecified atom stereocenters. The molecule has 0 aliphatic carbocycles. The van der Waals surface area contributed by atoms with Crippen LogP contribution in [0.2, 0.25) is 10.0 Å². The summed E-state index contributed by atoms with van der Waals surface area (Å²) in [6, 6.07) is 16.6. The highest BCUT2D eigenvalue weighted by Gasteiger charge is 2.36. The molecule has 8 heteroatoms. The molecule has 0 radical (unpaired) electrons. The van der Waals surface area contributed by atoms with Crippen LogP contribution in [0.4, 0.5) is 4.79 Å². The quantitative estimate of drug-likeness (QED) is 0.461. The van der Waals surface area contributed by atoms with Crippen molar-refractivity contribution in [3.63, 3.8) is 0 Å². The molecule has 1 saturated heterocycles. The number of imide groups is 2. The Kier molecular flexibility index (Phi) is 5.44. The van der Waals surface area contributed by atoms with Crippen LogP contribution in [0.5, 0.6) is 0 Å². The monoisotopic (exact) mass is 440 g/mol. The lowest BCUT2D eigenvalue weighted by atomic mass is 10.1. The van der Waals surface area contributed by atoms with Crippen molar-refractivity contribution in [2.75, 3.05) is 0 Å². The zero-order chi connectivity index (χ0) is 21.3. The average Bonchev–Trinajstić information content (AvgIpc) is 3.20. The number of rotatable bonds is 4. The first-order chi connectivity index (χ1) is 14.4. The third-order valence-electron chi connectivity index (χ3n) is 4.50. The SMILES string of the molecule is O=C1NC(=O)N(Cc2ccccc2)C(=O)C1=Cc1ccc(-c2cccc(Cl)c2Cl)o1. The van der Waals surface area contributed by atoms with E-state index >= 15 is 0 Å². The average molecular weight is 441 g/mol. The van der Waals surface area contributed by atoms with Gasteiger partial charge in [0.1, 0.15) is 17.1 Å². The number of barbiturate groups is 1. The van der Waals surface area contributed by atoms with Gasteiger partial charge in [-0.3, -0.25) is 19.8 Å². The minimum atomic E-state index is -0.784. The fraction of sp³-hybridized carbons (Fsp3) is 0.0455. The molecule has 1 aliphatic heterocycles. The molecule has 6 nitrogen and oxygen atoms in total. The largest absolute Gasteiger partial charge is 0.457 e. The fourth-order valence-corrected chi connectivity index (χ4v) is 3.41. The second kappa shape index (κ2) is 8.18. The second-order valence-electron chi connectivity index (χ2n) is 6.50. The van der Waals surface area contributed by atoms with Gasteiger partial charge in [-0.1, -0.05) is 59.6 Å². The number of benzene rings is 2. The molecule has 150 valence electrons. The summed E-state index contributed by atoms with van der Waals surface area (Å²) in [5.74, 6) is -0.803. The maximum atomic E-state index is 12.8. The van der Waals surface area contributed by atoms with Crippen molar-refractivity contribution in [1.82, 2.24) is 10.2 Å². The predicted octanol–water partition coefficient (Wildman–Crippen LogP) is 4.92. The summed E-state index contributed by atoms with van der Waals surface area (Å²) >= 11 is 12.3. The predicted molar refractivity (Wildman–Crippen MR) is 113 cm³/mol. The topological polar surface area (TPSA) is 79.6 Å². The maximum Gasteiger partial charge on any atom is 0.331 e. The first-order valence-electron chi connectivity index (χ1n) is 8.91. The van der Waals surface area contributed by atoms with Crippen LogP contribution < -0.4 is 5.32 Å². The molecule has 0 atom stereocenters. The van der Waals surface area contributed by atoms with Crippen molar-refractivity contribution in [1.29, 1.82) is 0 Å². The fourth-order valence-electron chi connectivity index (χ4n) is 3.02. The zero-order valence-electron chi connectivity index (χ0n) is 15.4. The van der Waals surface area contributed by atoms with E-state index in [4.69, 9.17) is 27.6 Å². The molecule has 30 heavy (non-hydrogen) atoms. The second-order valence-corrected chi connectivity index (χ2v) is 7.28. The highest BCUT2D eigenvalue weighted by Crippen LogP contribution is 2.34. The number of nitrogens with one attached hydrogen (secondary N) is 1. The molecular weight excluding hydrogens is 427 g/mol. The van der Waals surface area contributed by atoms with E-state index in [2.05, 4.69) is 5.32 Å². The van der Waals surface area contributed by atoms with E-state index in [1.165, 1.54) is 6.08 Å². The van der Waals surface area contributed by atoms with Crippen molar-refractivity contribution in [3.8, 4) is 11.3 Å². The summed E-state index contributed by atoms with van der Waals surface area (Å²) in [6.07, 6.45) is 1.30. The molecule has 4 amide bonds. The minimum absolute atomic E-state index is 0.0393. The summed E-state index contributed by atoms with van der Waals surface area (Å²) < 4.78 is 5.73. The van der Waals surface area contributed by atoms with Crippen molar-refractivity contribution in [2.45, 2.75) is 6.54 Å². The molecule has 0 saturated carbocycles. The lowest BCUT2D eigenvalue weighted by molar-refractivity contribution is -0.130. The number of carbonyl (C=O) groups excluding carboxylic acids is 3. The van der Waals surface area contributed by atoms with Gasteiger partial charge in [0, 0.05) is 5.56 Å². The Balaban J connectivity index is 1.63. The Morgan fingerprint density at radius 3 is 2.47 bits per heavy atom. The molecule has 0 spiro atoms. The van der Waals surface area contributed by atoms with E-state index < -0.39 is 17.8 Å². The van der Waals surface area contributed by atoms with Crippen LogP contribution in [0, 0.1) is 0 Å². The van der Waals surface area contributed by atoms with Crippen LogP contribution in [0.25, 0.3) is 17.4 Å². The zero-order valence-corrected chi connectivity index (χ0v) is 16.9. The van der Waals surface area contributed by atoms with Crippen LogP contribution in [-0.4, -0.2) is 22.7 Å². The van der Waals surface area contributed by atoms with Gasteiger partial charge in [-0.15, -0.1) is 0 Å². The normalized spacial score (nSPS) is 15.6. The summed E-state index contributed by atoms with van der Waals surface area (Å²) in [4.78, 5) is 38.2. The third kappa shape index (κ3) is 3.87. The highest BCUT2D eigenvalue weighted by molar-refractivity contribution is 6.43. The van der Waals surface area contributed by atoms with Crippen molar-refractivity contribution < 1.29 is 18.8 Å². The van der Waals surface area contributed by atoms with Gasteiger partial charge < -0.3 is 4.42 Å². The van der Waals surface area contributed by atoms with E-state index in [9.17, 15) is 14.4 Å². The van der Waals surface area contributed by atoms with Crippen molar-refractivity contribution >= 4 is 47.1 Å². The summed E-state index contributed by atoms with van der Waals surface area (Å²) in [5, 5.41) is 2.89. The Bertz CT molecular complexity index is 1180. The molecule has 3 aromatic rings. The molecule has 0 bridgehead atoms. The lowest BCUT2D eigenvalue weighted by Crippen LogP contribution is -2.53. The number of urea groups is 1. The van der Waals surface area contributed by atoms with E-state index in [0.29, 0.717) is 21.4 Å². The third-order valence-corrected chi connectivity index (χ3v) is 5.32. The summed E-state index contributed by atoms with van der Waals surface area (Å²) in [5.41, 5.74) is 1.13. The van der Waals surface area contributed by atoms with Gasteiger partial charge in [-0.25, -0.2) is 4.79 Å². The van der Waals surface area contributed by atoms with Gasteiger partial charge in [0.15, 0.2) is 0 Å². The van der Waals surface area contributed by atoms with Crippen LogP contribution in [-0.2, 0) is 16.1 Å². The van der Waals surface area contributed by atoms with E-state index in [-0.39, 0.29) is 17.9 Å². The first kappa shape index (κ1) is 19.9. The van der Waals surface area contributed by atoms with E-state index in [1.807, 2.05) is 6.07 Å². The molecule has 1 aromatic heterocycles. The number of carbonyl (C=O) groups is 3. The summed E-state index contributed by atoms with van der Waals surface area (Å²) in [7, 11) is 0. The Morgan fingerprint density at radius 2 is 1.70 bits per heavy atom. The molecule has 4 rings (SSSR count). The van der Waals surface area contributed by atoms with E-state index in [1.54, 1.807) is 54.6 Å². The van der Waals surface area contributed by atoms with Crippen LogP contribution >= 0.6 is 23.2 Å². The first-order valence-corrected chi connectivity index (χ1v) is 9.66. The maximum absolute atomic E-state index is 12.8. The number of amides is 4. The van der Waals surface area contributed by atoms with Crippen LogP contribution in [0.1, 0.15) is 11.3 Å². The number of furan rings is 1. The minimum Gasteiger partial charge on any atom is -0.457 e. The van der Waals surface area contributed by atoms with Crippen LogP contribution in [0.15, 0.2) is 70.7 Å². The number of hydrogen-bond donors (Lipinski definition) is 1. The van der Waals surface area contributed by atoms with Crippen molar-refractivity contribution in [3.05, 3.63) is 87.6 Å². The molecule has 1 fully saturated rings. The lowest BCUT2D eigenvalue weighted by Gasteiger charge is -2.26. The molecular formula is C22H14Cl2N2O4. The van der Waals surface area contributed by atoms with Crippen molar-refractivity contribution in [2.24, 2.45) is 0 Å². The van der Waals surface area contributed by atoms with Gasteiger partial charge in [0.05, 0.1) is 16.6 Å². The van der Waals surface area contributed by atoms with E-state index in [0.717, 1.165) is 10.5 Å². The highest BCUT2D eigenvalue weighted by atomic mass is 35.5. The van der Waals surface area contributed by atoms with Gasteiger partial charge in [-0.2, -0.15) is 0 Å². The Labute approximate surface area is 181 Å². The molecule has 1 N–H and O–H groups in total. The summed E-state index contributed by atoms with van der Waals surface area (Å²) in [6.45, 7) is 0.0393. The van der Waals surface area contributed by atoms with Crippen LogP contribution in [0.3, 0.4) is 0 Å². The number of hydrogen-bond acceptors (Lipinski definition) is 4.